The van der Waals surface area contributed by atoms with Crippen molar-refractivity contribution in [1.29, 1.82) is 0 Å². The molecule has 1 heterocycles. The van der Waals surface area contributed by atoms with E-state index in [4.69, 9.17) is 45.3 Å². The van der Waals surface area contributed by atoms with E-state index in [1.54, 1.807) is 24.3 Å². The predicted octanol–water partition coefficient (Wildman–Crippen LogP) is 2.62. The van der Waals surface area contributed by atoms with Gasteiger partial charge in [-0.2, -0.15) is 0 Å². The van der Waals surface area contributed by atoms with Crippen LogP contribution in [-0.4, -0.2) is 97.7 Å². The summed E-state index contributed by atoms with van der Waals surface area (Å²) in [7, 11) is -7.22. The van der Waals surface area contributed by atoms with Gasteiger partial charge in [0.05, 0.1) is 24.2 Å². The molecule has 0 aliphatic carbocycles. The average molecular weight is 775 g/mol. The first-order valence-electron chi connectivity index (χ1n) is 14.2. The second kappa shape index (κ2) is 21.8. The van der Waals surface area contributed by atoms with Crippen molar-refractivity contribution >= 4 is 57.0 Å². The van der Waals surface area contributed by atoms with Crippen molar-refractivity contribution in [2.24, 2.45) is 0 Å². The van der Waals surface area contributed by atoms with Gasteiger partial charge < -0.3 is 45.3 Å². The number of aromatic carboxylic acids is 4. The van der Waals surface area contributed by atoms with Gasteiger partial charge in [0.1, 0.15) is 0 Å². The normalized spacial score (nSPS) is 11.1. The van der Waals surface area contributed by atoms with Crippen molar-refractivity contribution in [2.75, 3.05) is 6.61 Å². The second-order valence-electron chi connectivity index (χ2n) is 10.8. The Morgan fingerprint density at radius 3 is 1.52 bits per heavy atom. The van der Waals surface area contributed by atoms with Gasteiger partial charge in [0, 0.05) is 24.1 Å². The van der Waals surface area contributed by atoms with E-state index >= 15 is 0 Å². The number of hydrogen-bond donors (Lipinski definition) is 9. The number of aromatic nitrogens is 2. The number of hydrogen-bond acceptors (Lipinski definition) is 11. The largest absolute Gasteiger partial charge is 0.481 e. The number of phosphoric ester groups is 1. The Hall–Kier alpha value is -5.36. The van der Waals surface area contributed by atoms with Crippen LogP contribution in [0.15, 0.2) is 54.9 Å². The maximum atomic E-state index is 10.9. The van der Waals surface area contributed by atoms with Crippen molar-refractivity contribution in [3.05, 3.63) is 88.5 Å². The molecule has 3 aromatic rings. The van der Waals surface area contributed by atoms with Crippen LogP contribution in [0.5, 0.6) is 0 Å². The molecule has 20 nitrogen and oxygen atoms in total. The van der Waals surface area contributed by atoms with Crippen molar-refractivity contribution in [3.8, 4) is 0 Å². The van der Waals surface area contributed by atoms with Crippen molar-refractivity contribution in [1.82, 2.24) is 9.97 Å². The number of nitrogens with zero attached hydrogens (tertiary/aromatic N) is 2. The van der Waals surface area contributed by atoms with E-state index in [1.807, 2.05) is 20.8 Å². The molecule has 3 rings (SSSR count). The van der Waals surface area contributed by atoms with Crippen LogP contribution in [0.3, 0.4) is 0 Å². The van der Waals surface area contributed by atoms with Crippen LogP contribution in [0, 0.1) is 0 Å². The third-order valence-corrected chi connectivity index (χ3v) is 7.30. The number of carbonyl (C=O) groups is 6. The lowest BCUT2D eigenvalue weighted by Crippen LogP contribution is -2.14. The number of aryl methyl sites for hydroxylation is 1. The van der Waals surface area contributed by atoms with Gasteiger partial charge in [-0.05, 0) is 47.2 Å². The summed E-state index contributed by atoms with van der Waals surface area (Å²) in [6, 6.07) is 10.8. The average Bonchev–Trinajstić information content (AvgIpc) is 3.03. The zero-order valence-electron chi connectivity index (χ0n) is 27.6. The highest BCUT2D eigenvalue weighted by Crippen LogP contribution is 2.35. The molecule has 0 fully saturated rings. The van der Waals surface area contributed by atoms with Gasteiger partial charge in [0.2, 0.25) is 8.03 Å². The monoisotopic (exact) mass is 774 g/mol. The summed E-state index contributed by atoms with van der Waals surface area (Å²) in [6.45, 7) is 5.23. The number of aliphatic carboxylic acids is 2. The summed E-state index contributed by atoms with van der Waals surface area (Å²) in [5, 5.41) is 51.5. The lowest BCUT2D eigenvalue weighted by Gasteiger charge is -2.20. The molecule has 0 amide bonds. The maximum absolute atomic E-state index is 10.9. The minimum Gasteiger partial charge on any atom is -0.481 e. The highest BCUT2D eigenvalue weighted by Gasteiger charge is 2.20. The van der Waals surface area contributed by atoms with E-state index in [9.17, 15) is 37.9 Å². The van der Waals surface area contributed by atoms with E-state index in [-0.39, 0.29) is 23.0 Å². The van der Waals surface area contributed by atoms with E-state index < -0.39 is 76.1 Å². The van der Waals surface area contributed by atoms with Crippen LogP contribution in [-0.2, 0) is 35.1 Å². The molecule has 0 aliphatic heterocycles. The number of rotatable bonds is 12. The van der Waals surface area contributed by atoms with Crippen LogP contribution >= 0.6 is 15.9 Å². The standard InChI is InChI=1S/C12H14O4.C9H11O4P.C6H4N2O4.C3H7O6P/c1-12(2,3)9-5-7(10(13)14)4-8(6-9)11(15)16;10-9(11)6-5-7-3-1-2-4-8(7)14(12)13;9-5(10)3-4(6(11)12)8-2-1-7-3;4-3(5)1-2-9-10(6,7)8/h4-6H,1-3H3,(H,13,14)(H,15,16);1-4,14H,5-6H2,(H,10,11)(H,12,13);1-2H,(H,9,10)(H,11,12);1-2H2,(H,4,5)(H2,6,7,8). The molecular formula is C30H36N2O18P2. The predicted molar refractivity (Wildman–Crippen MR) is 179 cm³/mol. The van der Waals surface area contributed by atoms with Gasteiger partial charge in [-0.1, -0.05) is 39.0 Å². The van der Waals surface area contributed by atoms with Crippen LogP contribution in [0.4, 0.5) is 0 Å². The van der Waals surface area contributed by atoms with Crippen molar-refractivity contribution < 1.29 is 87.7 Å². The summed E-state index contributed by atoms with van der Waals surface area (Å²) in [6.07, 6.45) is 2.10. The van der Waals surface area contributed by atoms with Gasteiger partial charge in [-0.3, -0.25) is 18.7 Å². The minimum atomic E-state index is -4.49. The second-order valence-corrected chi connectivity index (χ2v) is 13.2. The fourth-order valence-electron chi connectivity index (χ4n) is 3.40. The first-order chi connectivity index (χ1) is 23.9. The summed E-state index contributed by atoms with van der Waals surface area (Å²) in [4.78, 5) is 94.3. The van der Waals surface area contributed by atoms with Gasteiger partial charge in [0.25, 0.3) is 0 Å². The SMILES string of the molecule is CC(C)(C)c1cc(C(=O)O)cc(C(=O)O)c1.O=C(O)CCOP(=O)(O)O.O=C(O)CCc1ccccc1[PH](=O)O.O=C(O)c1nccnc1C(=O)O. The molecular weight excluding hydrogens is 738 g/mol. The van der Waals surface area contributed by atoms with Gasteiger partial charge in [-0.15, -0.1) is 0 Å². The zero-order valence-corrected chi connectivity index (χ0v) is 29.5. The Morgan fingerprint density at radius 1 is 0.731 bits per heavy atom. The maximum Gasteiger partial charge on any atom is 0.469 e. The molecule has 0 saturated heterocycles. The van der Waals surface area contributed by atoms with Crippen molar-refractivity contribution in [2.45, 2.75) is 45.4 Å². The van der Waals surface area contributed by atoms with Gasteiger partial charge in [0.15, 0.2) is 11.4 Å². The summed E-state index contributed by atoms with van der Waals surface area (Å²) in [5.74, 6) is -7.10. The van der Waals surface area contributed by atoms with E-state index in [0.29, 0.717) is 22.9 Å². The third-order valence-electron chi connectivity index (χ3n) is 5.83. The molecule has 0 spiro atoms. The van der Waals surface area contributed by atoms with Gasteiger partial charge in [-0.25, -0.2) is 33.7 Å². The Kier molecular flexibility index (Phi) is 19.5. The fraction of sp³-hybridized carbons (Fsp3) is 0.267. The number of phosphoric acid groups is 1. The molecule has 0 aliphatic rings. The molecule has 0 bridgehead atoms. The smallest absolute Gasteiger partial charge is 0.469 e. The Balaban J connectivity index is 0.000000677. The number of carboxylic acid groups (broad SMARTS) is 6. The van der Waals surface area contributed by atoms with E-state index in [1.165, 1.54) is 18.2 Å². The molecule has 1 aromatic heterocycles. The third kappa shape index (κ3) is 19.1. The highest BCUT2D eigenvalue weighted by atomic mass is 31.2. The van der Waals surface area contributed by atoms with E-state index in [0.717, 1.165) is 12.4 Å². The minimum absolute atomic E-state index is 0.00447. The molecule has 9 N–H and O–H groups in total. The molecule has 52 heavy (non-hydrogen) atoms. The summed E-state index contributed by atoms with van der Waals surface area (Å²) in [5.41, 5.74) is -0.0360. The van der Waals surface area contributed by atoms with Crippen molar-refractivity contribution in [3.63, 3.8) is 0 Å². The molecule has 1 atom stereocenters. The lowest BCUT2D eigenvalue weighted by atomic mass is 9.85. The first kappa shape index (κ1) is 46.6. The zero-order chi connectivity index (χ0) is 40.4. The summed E-state index contributed by atoms with van der Waals surface area (Å²) < 4.78 is 24.6. The van der Waals surface area contributed by atoms with Crippen LogP contribution in [0.2, 0.25) is 0 Å². The molecule has 2 aromatic carbocycles. The van der Waals surface area contributed by atoms with Gasteiger partial charge >= 0.3 is 43.6 Å². The molecule has 1 unspecified atom stereocenters. The quantitative estimate of drug-likeness (QED) is 0.119. The summed E-state index contributed by atoms with van der Waals surface area (Å²) >= 11 is 0. The Morgan fingerprint density at radius 2 is 1.17 bits per heavy atom. The first-order valence-corrected chi connectivity index (χ1v) is 17.1. The fourth-order valence-corrected chi connectivity index (χ4v) is 4.45. The van der Waals surface area contributed by atoms with Crippen LogP contribution in [0.1, 0.15) is 86.4 Å². The highest BCUT2D eigenvalue weighted by molar-refractivity contribution is 7.47. The Bertz CT molecular complexity index is 1750. The number of carboxylic acids is 6. The molecule has 284 valence electrons. The topological polar surface area (TPSA) is 354 Å². The number of benzene rings is 2. The Labute approximate surface area is 295 Å². The molecule has 0 radical (unpaired) electrons. The molecule has 22 heteroatoms. The molecule has 0 saturated carbocycles. The lowest BCUT2D eigenvalue weighted by molar-refractivity contribution is -0.138. The van der Waals surface area contributed by atoms with E-state index in [2.05, 4.69) is 14.5 Å². The van der Waals surface area contributed by atoms with Crippen LogP contribution in [0.25, 0.3) is 0 Å². The van der Waals surface area contributed by atoms with Crippen LogP contribution < -0.4 is 5.30 Å².